The second-order valence-corrected chi connectivity index (χ2v) is 9.36. The van der Waals surface area contributed by atoms with Gasteiger partial charge in [-0.15, -0.1) is 10.2 Å². The monoisotopic (exact) mass is 471 g/mol. The van der Waals surface area contributed by atoms with Crippen molar-refractivity contribution in [1.29, 1.82) is 0 Å². The number of ether oxygens (including phenoxy) is 1. The summed E-state index contributed by atoms with van der Waals surface area (Å²) in [6.07, 6.45) is 0. The Bertz CT molecular complexity index is 1290. The summed E-state index contributed by atoms with van der Waals surface area (Å²) in [5, 5.41) is 11.9. The predicted octanol–water partition coefficient (Wildman–Crippen LogP) is 4.87. The van der Waals surface area contributed by atoms with Gasteiger partial charge in [0.25, 0.3) is 0 Å². The van der Waals surface area contributed by atoms with Gasteiger partial charge in [0.1, 0.15) is 17.6 Å². The van der Waals surface area contributed by atoms with Crippen molar-refractivity contribution in [2.75, 3.05) is 10.7 Å². The average Bonchev–Trinajstić information content (AvgIpc) is 3.25. The number of thioether (sulfide) groups is 1. The molecule has 8 heteroatoms. The van der Waals surface area contributed by atoms with Crippen molar-refractivity contribution in [2.45, 2.75) is 36.9 Å². The normalized spacial score (nSPS) is 16.9. The molecule has 4 aromatic rings. The highest BCUT2D eigenvalue weighted by molar-refractivity contribution is 8.00. The molecule has 0 bridgehead atoms. The summed E-state index contributed by atoms with van der Waals surface area (Å²) in [5.41, 5.74) is 7.51. The van der Waals surface area contributed by atoms with E-state index < -0.39 is 5.25 Å². The molecule has 172 valence electrons. The summed E-state index contributed by atoms with van der Waals surface area (Å²) < 4.78 is 7.71. The first kappa shape index (κ1) is 22.0. The Kier molecular flexibility index (Phi) is 6.22. The van der Waals surface area contributed by atoms with E-state index in [1.807, 2.05) is 73.1 Å². The van der Waals surface area contributed by atoms with Gasteiger partial charge in [-0.25, -0.2) is 4.68 Å². The lowest BCUT2D eigenvalue weighted by Gasteiger charge is -2.33. The van der Waals surface area contributed by atoms with Gasteiger partial charge in [0.2, 0.25) is 11.1 Å². The Morgan fingerprint density at radius 2 is 1.79 bits per heavy atom. The molecule has 34 heavy (non-hydrogen) atoms. The van der Waals surface area contributed by atoms with E-state index in [0.29, 0.717) is 11.0 Å². The first-order valence-corrected chi connectivity index (χ1v) is 11.9. The zero-order chi connectivity index (χ0) is 23.5. The number of hydrogen-bond acceptors (Lipinski definition) is 6. The van der Waals surface area contributed by atoms with Crippen LogP contribution < -0.4 is 15.5 Å². The van der Waals surface area contributed by atoms with E-state index in [9.17, 15) is 4.79 Å². The van der Waals surface area contributed by atoms with Crippen LogP contribution >= 0.6 is 11.8 Å². The lowest BCUT2D eigenvalue weighted by Crippen LogP contribution is -2.41. The van der Waals surface area contributed by atoms with Crippen molar-refractivity contribution in [2.24, 2.45) is 0 Å². The number of benzene rings is 3. The minimum Gasteiger partial charge on any atom is -0.486 e. The first-order valence-electron chi connectivity index (χ1n) is 11.1. The van der Waals surface area contributed by atoms with Crippen LogP contribution in [0.4, 0.5) is 5.69 Å². The lowest BCUT2D eigenvalue weighted by atomic mass is 10.0. The van der Waals surface area contributed by atoms with Crippen molar-refractivity contribution in [3.05, 3.63) is 101 Å². The molecule has 1 aromatic heterocycles. The van der Waals surface area contributed by atoms with Gasteiger partial charge in [0, 0.05) is 5.69 Å². The number of rotatable bonds is 6. The molecular weight excluding hydrogens is 446 g/mol. The largest absolute Gasteiger partial charge is 0.486 e. The Hall–Kier alpha value is -3.78. The van der Waals surface area contributed by atoms with E-state index in [1.54, 1.807) is 0 Å². The second kappa shape index (κ2) is 9.61. The fraction of sp³-hybridized carbons (Fsp3) is 0.192. The van der Waals surface area contributed by atoms with Gasteiger partial charge < -0.3 is 15.5 Å². The summed E-state index contributed by atoms with van der Waals surface area (Å²) >= 11 is 1.40. The number of amides is 1. The van der Waals surface area contributed by atoms with Crippen molar-refractivity contribution in [3.63, 3.8) is 0 Å². The number of nitrogens with zero attached hydrogens (tertiary/aromatic N) is 3. The average molecular weight is 472 g/mol. The number of para-hydroxylation sites is 1. The van der Waals surface area contributed by atoms with Gasteiger partial charge >= 0.3 is 0 Å². The molecule has 5 rings (SSSR count). The number of aromatic nitrogens is 3. The molecule has 0 saturated carbocycles. The maximum absolute atomic E-state index is 13.4. The number of carbonyl (C=O) groups excluding carboxylic acids is 1. The molecule has 0 unspecified atom stereocenters. The van der Waals surface area contributed by atoms with Crippen LogP contribution in [0.5, 0.6) is 5.75 Å². The maximum Gasteiger partial charge on any atom is 0.240 e. The maximum atomic E-state index is 13.4. The SMILES string of the molecule is Cc1ccc([C@@H]2Nn3c(COc4ccccc4)nnc3S[C@@H]2C(=O)Nc2cccc(C)c2)cc1. The van der Waals surface area contributed by atoms with Gasteiger partial charge in [-0.2, -0.15) is 0 Å². The molecule has 1 aliphatic heterocycles. The number of hydrogen-bond donors (Lipinski definition) is 2. The van der Waals surface area contributed by atoms with Crippen LogP contribution in [0.15, 0.2) is 84.0 Å². The van der Waals surface area contributed by atoms with Crippen LogP contribution in [0.3, 0.4) is 0 Å². The molecule has 2 atom stereocenters. The van der Waals surface area contributed by atoms with E-state index in [1.165, 1.54) is 11.8 Å². The minimum atomic E-state index is -0.442. The highest BCUT2D eigenvalue weighted by Gasteiger charge is 2.38. The van der Waals surface area contributed by atoms with E-state index in [2.05, 4.69) is 45.2 Å². The summed E-state index contributed by atoms with van der Waals surface area (Å²) in [6, 6.07) is 25.3. The van der Waals surface area contributed by atoms with E-state index in [4.69, 9.17) is 4.74 Å². The molecule has 7 nitrogen and oxygen atoms in total. The number of nitrogens with one attached hydrogen (secondary N) is 2. The zero-order valence-corrected chi connectivity index (χ0v) is 19.8. The third-order valence-electron chi connectivity index (χ3n) is 5.60. The molecule has 0 spiro atoms. The molecule has 1 aliphatic rings. The van der Waals surface area contributed by atoms with Gasteiger partial charge in [-0.3, -0.25) is 4.79 Å². The lowest BCUT2D eigenvalue weighted by molar-refractivity contribution is -0.116. The smallest absolute Gasteiger partial charge is 0.240 e. The third-order valence-corrected chi connectivity index (χ3v) is 6.81. The molecule has 2 heterocycles. The van der Waals surface area contributed by atoms with Crippen LogP contribution in [-0.4, -0.2) is 26.0 Å². The van der Waals surface area contributed by atoms with E-state index >= 15 is 0 Å². The number of anilines is 1. The first-order chi connectivity index (χ1) is 16.6. The number of fused-ring (bicyclic) bond motifs is 1. The molecule has 0 fully saturated rings. The fourth-order valence-electron chi connectivity index (χ4n) is 3.82. The minimum absolute atomic E-state index is 0.0926. The summed E-state index contributed by atoms with van der Waals surface area (Å²) in [6.45, 7) is 4.31. The fourth-order valence-corrected chi connectivity index (χ4v) is 4.92. The van der Waals surface area contributed by atoms with Crippen molar-refractivity contribution in [3.8, 4) is 5.75 Å². The standard InChI is InChI=1S/C26H25N5O2S/c1-17-11-13-19(14-12-17)23-24(25(32)27-20-8-6-7-18(2)15-20)34-26-29-28-22(31(26)30-23)16-33-21-9-4-3-5-10-21/h3-15,23-24,30H,16H2,1-2H3,(H,27,32)/t23-,24-/m0/s1. The molecule has 2 N–H and O–H groups in total. The predicted molar refractivity (Wildman–Crippen MR) is 134 cm³/mol. The van der Waals surface area contributed by atoms with Crippen LogP contribution in [-0.2, 0) is 11.4 Å². The molecular formula is C26H25N5O2S. The van der Waals surface area contributed by atoms with Crippen LogP contribution in [0.25, 0.3) is 0 Å². The van der Waals surface area contributed by atoms with Gasteiger partial charge in [-0.1, -0.05) is 71.9 Å². The van der Waals surface area contributed by atoms with Gasteiger partial charge in [0.15, 0.2) is 5.82 Å². The van der Waals surface area contributed by atoms with Crippen LogP contribution in [0, 0.1) is 13.8 Å². The highest BCUT2D eigenvalue weighted by Crippen LogP contribution is 2.37. The molecule has 1 amide bonds. The molecule has 0 saturated heterocycles. The van der Waals surface area contributed by atoms with Gasteiger partial charge in [0.05, 0.1) is 6.04 Å². The van der Waals surface area contributed by atoms with E-state index in [0.717, 1.165) is 28.1 Å². The van der Waals surface area contributed by atoms with Crippen molar-refractivity contribution in [1.82, 2.24) is 14.9 Å². The van der Waals surface area contributed by atoms with Crippen molar-refractivity contribution >= 4 is 23.4 Å². The Labute approximate surface area is 202 Å². The van der Waals surface area contributed by atoms with Gasteiger partial charge in [-0.05, 0) is 49.2 Å². The molecule has 0 aliphatic carbocycles. The molecule has 0 radical (unpaired) electrons. The highest BCUT2D eigenvalue weighted by atomic mass is 32.2. The van der Waals surface area contributed by atoms with Crippen molar-refractivity contribution < 1.29 is 9.53 Å². The quantitative estimate of drug-likeness (QED) is 0.418. The zero-order valence-electron chi connectivity index (χ0n) is 18.9. The topological polar surface area (TPSA) is 81.1 Å². The second-order valence-electron chi connectivity index (χ2n) is 8.25. The van der Waals surface area contributed by atoms with E-state index in [-0.39, 0.29) is 18.6 Å². The Balaban J connectivity index is 1.42. The third kappa shape index (κ3) is 4.77. The summed E-state index contributed by atoms with van der Waals surface area (Å²) in [5.74, 6) is 1.31. The summed E-state index contributed by atoms with van der Waals surface area (Å²) in [4.78, 5) is 13.4. The molecule has 3 aromatic carbocycles. The Morgan fingerprint density at radius 3 is 2.56 bits per heavy atom. The number of aryl methyl sites for hydroxylation is 2. The van der Waals surface area contributed by atoms with Crippen LogP contribution in [0.2, 0.25) is 0 Å². The van der Waals surface area contributed by atoms with Crippen LogP contribution in [0.1, 0.15) is 28.6 Å². The number of carbonyl (C=O) groups is 1. The Morgan fingerprint density at radius 1 is 1.00 bits per heavy atom. The summed E-state index contributed by atoms with van der Waals surface area (Å²) in [7, 11) is 0.